The van der Waals surface area contributed by atoms with E-state index in [4.69, 9.17) is 14.2 Å². The van der Waals surface area contributed by atoms with Gasteiger partial charge in [-0.2, -0.15) is 0 Å². The molecule has 3 aromatic rings. The molecule has 1 unspecified atom stereocenters. The predicted molar refractivity (Wildman–Crippen MR) is 124 cm³/mol. The first kappa shape index (κ1) is 23.7. The molecule has 168 valence electrons. The van der Waals surface area contributed by atoms with Crippen LogP contribution in [-0.2, 0) is 20.9 Å². The molecule has 0 amide bonds. The van der Waals surface area contributed by atoms with Crippen molar-refractivity contribution in [2.45, 2.75) is 31.2 Å². The lowest BCUT2D eigenvalue weighted by atomic mass is 10.0. The van der Waals surface area contributed by atoms with Crippen LogP contribution >= 0.6 is 0 Å². The maximum atomic E-state index is 12.9. The van der Waals surface area contributed by atoms with Crippen molar-refractivity contribution in [1.82, 2.24) is 4.72 Å². The summed E-state index contributed by atoms with van der Waals surface area (Å²) < 4.78 is 32.1. The maximum absolute atomic E-state index is 12.9. The number of esters is 1. The molecule has 0 aromatic heterocycles. The van der Waals surface area contributed by atoms with E-state index in [1.807, 2.05) is 73.7 Å². The summed E-state index contributed by atoms with van der Waals surface area (Å²) in [4.78, 5) is 12.8. The monoisotopic (exact) mass is 453 g/mol. The lowest BCUT2D eigenvalue weighted by molar-refractivity contribution is -0.143. The molecule has 0 bridgehead atoms. The van der Waals surface area contributed by atoms with Crippen LogP contribution in [0.15, 0.2) is 77.7 Å². The molecular weight excluding hydrogens is 426 g/mol. The molecular formula is C25H27NO5S. The number of carbonyl (C=O) groups excluding carboxylic acids is 1. The van der Waals surface area contributed by atoms with E-state index in [2.05, 4.69) is 4.72 Å². The average Bonchev–Trinajstić information content (AvgIpc) is 2.80. The number of benzene rings is 3. The second kappa shape index (κ2) is 11.6. The zero-order valence-electron chi connectivity index (χ0n) is 18.4. The van der Waals surface area contributed by atoms with E-state index in [1.165, 1.54) is 0 Å². The van der Waals surface area contributed by atoms with Crippen molar-refractivity contribution >= 4 is 17.3 Å². The van der Waals surface area contributed by atoms with Gasteiger partial charge < -0.3 is 18.8 Å². The van der Waals surface area contributed by atoms with E-state index in [9.17, 15) is 9.35 Å². The molecule has 0 spiro atoms. The summed E-state index contributed by atoms with van der Waals surface area (Å²) >= 11 is -1.49. The minimum absolute atomic E-state index is 0.0571. The van der Waals surface area contributed by atoms with Crippen LogP contribution in [0.1, 0.15) is 30.5 Å². The van der Waals surface area contributed by atoms with E-state index in [0.29, 0.717) is 28.8 Å². The Labute approximate surface area is 191 Å². The summed E-state index contributed by atoms with van der Waals surface area (Å²) in [5.41, 5.74) is 1.89. The molecule has 0 fully saturated rings. The summed E-state index contributed by atoms with van der Waals surface area (Å²) in [6, 6.07) is 21.6. The minimum Gasteiger partial charge on any atom is -0.593 e. The van der Waals surface area contributed by atoms with Gasteiger partial charge in [-0.05, 0) is 55.8 Å². The Morgan fingerprint density at radius 2 is 1.69 bits per heavy atom. The third-order valence-electron chi connectivity index (χ3n) is 4.72. The quantitative estimate of drug-likeness (QED) is 0.340. The minimum atomic E-state index is -1.49. The predicted octanol–water partition coefficient (Wildman–Crippen LogP) is 5.10. The van der Waals surface area contributed by atoms with Crippen molar-refractivity contribution in [1.29, 1.82) is 0 Å². The van der Waals surface area contributed by atoms with Gasteiger partial charge in [0.15, 0.2) is 4.90 Å². The van der Waals surface area contributed by atoms with E-state index >= 15 is 0 Å². The van der Waals surface area contributed by atoms with Crippen LogP contribution < -0.4 is 14.2 Å². The van der Waals surface area contributed by atoms with Gasteiger partial charge in [0.25, 0.3) is 0 Å². The fraction of sp³-hybridized carbons (Fsp3) is 0.240. The van der Waals surface area contributed by atoms with Gasteiger partial charge in [-0.15, -0.1) is 4.72 Å². The Kier molecular flexibility index (Phi) is 8.56. The number of ether oxygens (including phenoxy) is 3. The molecule has 1 N–H and O–H groups in total. The third kappa shape index (κ3) is 6.75. The molecule has 3 aromatic carbocycles. The van der Waals surface area contributed by atoms with Crippen LogP contribution in [0.5, 0.6) is 17.2 Å². The van der Waals surface area contributed by atoms with Gasteiger partial charge in [-0.3, -0.25) is 4.79 Å². The first-order valence-corrected chi connectivity index (χ1v) is 11.5. The van der Waals surface area contributed by atoms with E-state index in [0.717, 1.165) is 11.1 Å². The van der Waals surface area contributed by atoms with Crippen LogP contribution in [0.2, 0.25) is 0 Å². The van der Waals surface area contributed by atoms with Crippen molar-refractivity contribution in [3.8, 4) is 17.2 Å². The molecule has 3 rings (SSSR count). The van der Waals surface area contributed by atoms with Crippen LogP contribution in [0.4, 0.5) is 0 Å². The highest BCUT2D eigenvalue weighted by Crippen LogP contribution is 2.28. The van der Waals surface area contributed by atoms with Crippen LogP contribution in [-0.4, -0.2) is 24.2 Å². The Morgan fingerprint density at radius 1 is 1.00 bits per heavy atom. The lowest BCUT2D eigenvalue weighted by Crippen LogP contribution is -2.30. The second-order valence-electron chi connectivity index (χ2n) is 7.11. The molecule has 32 heavy (non-hydrogen) atoms. The summed E-state index contributed by atoms with van der Waals surface area (Å²) in [5.74, 6) is 1.63. The summed E-state index contributed by atoms with van der Waals surface area (Å²) in [7, 11) is 1.60. The van der Waals surface area contributed by atoms with E-state index in [-0.39, 0.29) is 12.4 Å². The van der Waals surface area contributed by atoms with Gasteiger partial charge in [-0.1, -0.05) is 35.9 Å². The number of rotatable bonds is 10. The number of carbonyl (C=O) groups is 1. The number of nitrogens with one attached hydrogen (secondary N) is 1. The molecule has 0 heterocycles. The second-order valence-corrected chi connectivity index (χ2v) is 8.36. The molecule has 0 aliphatic heterocycles. The van der Waals surface area contributed by atoms with Gasteiger partial charge in [0.05, 0.1) is 37.5 Å². The fourth-order valence-corrected chi connectivity index (χ4v) is 4.04. The SMILES string of the molecule is CCOC(=O)C[C@H](N[S+]([O-])c1ccc(C)cc1)c1ccc(Oc2cccc(OC)c2)cc1. The molecule has 0 aliphatic carbocycles. The molecule has 7 heteroatoms. The smallest absolute Gasteiger partial charge is 0.307 e. The highest BCUT2D eigenvalue weighted by molar-refractivity contribution is 7.89. The zero-order chi connectivity index (χ0) is 22.9. The van der Waals surface area contributed by atoms with Crippen molar-refractivity contribution in [3.63, 3.8) is 0 Å². The molecule has 0 saturated heterocycles. The standard InChI is InChI=1S/C25H27NO5S/c1-4-30-25(27)17-24(26-32(28)23-14-8-18(2)9-15-23)19-10-12-20(13-11-19)31-22-7-5-6-21(16-22)29-3/h5-16,24,26H,4,17H2,1-3H3/t24-,32?/m0/s1. The highest BCUT2D eigenvalue weighted by Gasteiger charge is 2.24. The van der Waals surface area contributed by atoms with E-state index < -0.39 is 17.4 Å². The number of hydrogen-bond donors (Lipinski definition) is 1. The number of aryl methyl sites for hydroxylation is 1. The van der Waals surface area contributed by atoms with Gasteiger partial charge >= 0.3 is 5.97 Å². The molecule has 0 saturated carbocycles. The van der Waals surface area contributed by atoms with Gasteiger partial charge in [0.1, 0.15) is 17.2 Å². The largest absolute Gasteiger partial charge is 0.593 e. The average molecular weight is 454 g/mol. The first-order chi connectivity index (χ1) is 15.5. The van der Waals surface area contributed by atoms with Gasteiger partial charge in [-0.25, -0.2) is 0 Å². The maximum Gasteiger partial charge on any atom is 0.307 e. The number of methoxy groups -OCH3 is 1. The third-order valence-corrected chi connectivity index (χ3v) is 5.92. The van der Waals surface area contributed by atoms with Crippen molar-refractivity contribution < 1.29 is 23.6 Å². The Balaban J connectivity index is 1.75. The highest BCUT2D eigenvalue weighted by atomic mass is 32.2. The van der Waals surface area contributed by atoms with Gasteiger partial charge in [0, 0.05) is 6.07 Å². The van der Waals surface area contributed by atoms with Gasteiger partial charge in [0.2, 0.25) is 0 Å². The Bertz CT molecular complexity index is 1010. The fourth-order valence-electron chi connectivity index (χ4n) is 3.04. The van der Waals surface area contributed by atoms with Crippen LogP contribution in [0.3, 0.4) is 0 Å². The van der Waals surface area contributed by atoms with E-state index in [1.54, 1.807) is 20.1 Å². The normalized spacial score (nSPS) is 12.6. The Morgan fingerprint density at radius 3 is 2.34 bits per heavy atom. The lowest BCUT2D eigenvalue weighted by Gasteiger charge is -2.20. The first-order valence-electron chi connectivity index (χ1n) is 10.3. The number of hydrogen-bond acceptors (Lipinski definition) is 6. The van der Waals surface area contributed by atoms with Crippen LogP contribution in [0, 0.1) is 6.92 Å². The topological polar surface area (TPSA) is 79.9 Å². The van der Waals surface area contributed by atoms with Crippen molar-refractivity contribution in [2.75, 3.05) is 13.7 Å². The van der Waals surface area contributed by atoms with Crippen molar-refractivity contribution in [2.24, 2.45) is 0 Å². The molecule has 2 atom stereocenters. The summed E-state index contributed by atoms with van der Waals surface area (Å²) in [6.45, 7) is 4.02. The Hall–Kier alpha value is -3.00. The summed E-state index contributed by atoms with van der Waals surface area (Å²) in [6.07, 6.45) is 0.0571. The zero-order valence-corrected chi connectivity index (χ0v) is 19.2. The van der Waals surface area contributed by atoms with Crippen molar-refractivity contribution in [3.05, 3.63) is 83.9 Å². The molecule has 6 nitrogen and oxygen atoms in total. The van der Waals surface area contributed by atoms with Crippen LogP contribution in [0.25, 0.3) is 0 Å². The molecule has 0 aliphatic rings. The molecule has 0 radical (unpaired) electrons. The summed E-state index contributed by atoms with van der Waals surface area (Å²) in [5, 5.41) is 0.